The summed E-state index contributed by atoms with van der Waals surface area (Å²) in [5.74, 6) is 0.251. The quantitative estimate of drug-likeness (QED) is 0.636. The molecule has 0 radical (unpaired) electrons. The maximum absolute atomic E-state index is 12.3. The highest BCUT2D eigenvalue weighted by atomic mass is 16.5. The molecule has 0 bridgehead atoms. The Labute approximate surface area is 133 Å². The Morgan fingerprint density at radius 1 is 1.05 bits per heavy atom. The summed E-state index contributed by atoms with van der Waals surface area (Å²) in [4.78, 5) is 21.0. The minimum absolute atomic E-state index is 0.251. The normalized spacial score (nSPS) is 23.7. The van der Waals surface area contributed by atoms with Crippen molar-refractivity contribution in [2.45, 2.75) is 6.10 Å². The van der Waals surface area contributed by atoms with E-state index in [1.54, 1.807) is 7.11 Å². The molecule has 2 aliphatic rings. The lowest BCUT2D eigenvalue weighted by Crippen LogP contribution is -2.54. The fraction of sp³-hybridized carbons (Fsp3) is 0.933. The van der Waals surface area contributed by atoms with Crippen LogP contribution in [0.5, 0.6) is 0 Å². The molecule has 7 heteroatoms. The summed E-state index contributed by atoms with van der Waals surface area (Å²) in [6, 6.07) is 0. The number of piperazine rings is 2. The van der Waals surface area contributed by atoms with E-state index in [0.29, 0.717) is 19.7 Å². The van der Waals surface area contributed by atoms with Crippen molar-refractivity contribution >= 4 is 5.91 Å². The number of ether oxygens (including phenoxy) is 1. The minimum atomic E-state index is -0.427. The number of carbonyl (C=O) groups is 1. The van der Waals surface area contributed by atoms with Gasteiger partial charge in [0.25, 0.3) is 0 Å². The highest BCUT2D eigenvalue weighted by Gasteiger charge is 2.24. The Morgan fingerprint density at radius 3 is 2.23 bits per heavy atom. The van der Waals surface area contributed by atoms with Crippen molar-refractivity contribution in [3.63, 3.8) is 0 Å². The van der Waals surface area contributed by atoms with Crippen LogP contribution in [0.25, 0.3) is 0 Å². The molecule has 2 fully saturated rings. The molecule has 0 spiro atoms. The summed E-state index contributed by atoms with van der Waals surface area (Å²) in [6.45, 7) is 8.76. The van der Waals surface area contributed by atoms with Gasteiger partial charge >= 0.3 is 0 Å². The lowest BCUT2D eigenvalue weighted by Gasteiger charge is -2.37. The second-order valence-corrected chi connectivity index (χ2v) is 6.37. The van der Waals surface area contributed by atoms with E-state index in [4.69, 9.17) is 4.74 Å². The van der Waals surface area contributed by atoms with Crippen molar-refractivity contribution in [1.29, 1.82) is 0 Å². The smallest absolute Gasteiger partial charge is 0.236 e. The average molecular weight is 314 g/mol. The van der Waals surface area contributed by atoms with E-state index in [-0.39, 0.29) is 5.91 Å². The van der Waals surface area contributed by atoms with Gasteiger partial charge in [0.15, 0.2) is 0 Å². The number of methoxy groups -OCH3 is 1. The molecule has 0 aliphatic carbocycles. The van der Waals surface area contributed by atoms with Gasteiger partial charge in [0.2, 0.25) is 5.91 Å². The first-order valence-corrected chi connectivity index (χ1v) is 8.16. The van der Waals surface area contributed by atoms with E-state index in [1.807, 2.05) is 4.90 Å². The first-order valence-electron chi connectivity index (χ1n) is 8.16. The zero-order chi connectivity index (χ0) is 15.9. The van der Waals surface area contributed by atoms with Gasteiger partial charge in [-0.25, -0.2) is 0 Å². The molecule has 2 heterocycles. The van der Waals surface area contributed by atoms with Crippen LogP contribution in [0.3, 0.4) is 0 Å². The average Bonchev–Trinajstić information content (AvgIpc) is 2.50. The number of aliphatic hydroxyl groups is 1. The van der Waals surface area contributed by atoms with E-state index in [1.165, 1.54) is 0 Å². The van der Waals surface area contributed by atoms with Crippen LogP contribution >= 0.6 is 0 Å². The number of hydrogen-bond acceptors (Lipinski definition) is 6. The number of rotatable bonds is 6. The summed E-state index contributed by atoms with van der Waals surface area (Å²) in [6.07, 6.45) is -0.427. The Bertz CT molecular complexity index is 340. The van der Waals surface area contributed by atoms with Crippen LogP contribution < -0.4 is 0 Å². The second-order valence-electron chi connectivity index (χ2n) is 6.37. The molecule has 0 aromatic carbocycles. The minimum Gasteiger partial charge on any atom is -0.389 e. The standard InChI is InChI=1S/C15H30N4O3/c1-16-3-9-19(10-4-16)15(21)12-18-7-5-17(6-8-18)11-14(20)13-22-2/h14,20H,3-13H2,1-2H3/t14-/m1/s1. The maximum atomic E-state index is 12.3. The Morgan fingerprint density at radius 2 is 1.64 bits per heavy atom. The number of aliphatic hydroxyl groups excluding tert-OH is 1. The zero-order valence-corrected chi connectivity index (χ0v) is 13.9. The third kappa shape index (κ3) is 5.48. The topological polar surface area (TPSA) is 59.5 Å². The predicted molar refractivity (Wildman–Crippen MR) is 84.8 cm³/mol. The van der Waals surface area contributed by atoms with E-state index in [9.17, 15) is 9.90 Å². The SMILES string of the molecule is COC[C@H](O)CN1CCN(CC(=O)N2CCN(C)CC2)CC1. The van der Waals surface area contributed by atoms with Crippen LogP contribution in [0.15, 0.2) is 0 Å². The third-order valence-corrected chi connectivity index (χ3v) is 4.51. The molecule has 1 amide bonds. The summed E-state index contributed by atoms with van der Waals surface area (Å²) in [5, 5.41) is 9.76. The molecule has 22 heavy (non-hydrogen) atoms. The first-order chi connectivity index (χ1) is 10.6. The molecular formula is C15H30N4O3. The Kier molecular flexibility index (Phi) is 7.04. The predicted octanol–water partition coefficient (Wildman–Crippen LogP) is -1.61. The molecule has 0 aromatic rings. The largest absolute Gasteiger partial charge is 0.389 e. The molecule has 128 valence electrons. The number of β-amino-alcohol motifs (C(OH)–C–C–N with tert-alkyl or cyclic N) is 1. The number of likely N-dealkylation sites (N-methyl/N-ethyl adjacent to an activating group) is 1. The van der Waals surface area contributed by atoms with Crippen molar-refractivity contribution in [3.8, 4) is 0 Å². The van der Waals surface area contributed by atoms with Crippen LogP contribution in [0.1, 0.15) is 0 Å². The fourth-order valence-corrected chi connectivity index (χ4v) is 3.02. The van der Waals surface area contributed by atoms with Gasteiger partial charge in [-0.15, -0.1) is 0 Å². The molecule has 0 unspecified atom stereocenters. The van der Waals surface area contributed by atoms with Gasteiger partial charge in [-0.05, 0) is 7.05 Å². The summed E-state index contributed by atoms with van der Waals surface area (Å²) in [7, 11) is 3.70. The van der Waals surface area contributed by atoms with Gasteiger partial charge in [-0.2, -0.15) is 0 Å². The van der Waals surface area contributed by atoms with Crippen LogP contribution in [0.4, 0.5) is 0 Å². The van der Waals surface area contributed by atoms with Gasteiger partial charge < -0.3 is 19.6 Å². The zero-order valence-electron chi connectivity index (χ0n) is 13.9. The van der Waals surface area contributed by atoms with Crippen molar-refractivity contribution in [2.75, 3.05) is 86.2 Å². The maximum Gasteiger partial charge on any atom is 0.236 e. The highest BCUT2D eigenvalue weighted by molar-refractivity contribution is 5.78. The molecule has 1 N–H and O–H groups in total. The molecule has 7 nitrogen and oxygen atoms in total. The van der Waals surface area contributed by atoms with Crippen molar-refractivity contribution in [2.24, 2.45) is 0 Å². The molecule has 2 saturated heterocycles. The molecule has 2 aliphatic heterocycles. The number of carbonyl (C=O) groups excluding carboxylic acids is 1. The van der Waals surface area contributed by atoms with Crippen LogP contribution in [0.2, 0.25) is 0 Å². The number of amides is 1. The van der Waals surface area contributed by atoms with Crippen molar-refractivity contribution < 1.29 is 14.6 Å². The molecule has 1 atom stereocenters. The van der Waals surface area contributed by atoms with Crippen LogP contribution in [-0.2, 0) is 9.53 Å². The molecule has 0 aromatic heterocycles. The van der Waals surface area contributed by atoms with Gasteiger partial charge in [0, 0.05) is 66.0 Å². The van der Waals surface area contributed by atoms with Gasteiger partial charge in [0.05, 0.1) is 19.3 Å². The van der Waals surface area contributed by atoms with E-state index in [2.05, 4.69) is 21.7 Å². The lowest BCUT2D eigenvalue weighted by atomic mass is 10.2. The third-order valence-electron chi connectivity index (χ3n) is 4.51. The number of nitrogens with zero attached hydrogens (tertiary/aromatic N) is 4. The molecule has 2 rings (SSSR count). The van der Waals surface area contributed by atoms with Crippen molar-refractivity contribution in [3.05, 3.63) is 0 Å². The first kappa shape index (κ1) is 17.6. The van der Waals surface area contributed by atoms with Crippen LogP contribution in [0, 0.1) is 0 Å². The lowest BCUT2D eigenvalue weighted by molar-refractivity contribution is -0.134. The molecule has 0 saturated carbocycles. The van der Waals surface area contributed by atoms with E-state index >= 15 is 0 Å². The number of hydrogen-bond donors (Lipinski definition) is 1. The van der Waals surface area contributed by atoms with E-state index < -0.39 is 6.10 Å². The van der Waals surface area contributed by atoms with Gasteiger partial charge in [0.1, 0.15) is 0 Å². The van der Waals surface area contributed by atoms with Crippen molar-refractivity contribution in [1.82, 2.24) is 19.6 Å². The van der Waals surface area contributed by atoms with Gasteiger partial charge in [-0.1, -0.05) is 0 Å². The second kappa shape index (κ2) is 8.79. The Hall–Kier alpha value is -0.730. The summed E-state index contributed by atoms with van der Waals surface area (Å²) < 4.78 is 4.95. The summed E-state index contributed by atoms with van der Waals surface area (Å²) in [5.41, 5.74) is 0. The monoisotopic (exact) mass is 314 g/mol. The fourth-order valence-electron chi connectivity index (χ4n) is 3.02. The molecular weight excluding hydrogens is 284 g/mol. The Balaban J connectivity index is 1.65. The van der Waals surface area contributed by atoms with Gasteiger partial charge in [-0.3, -0.25) is 14.6 Å². The van der Waals surface area contributed by atoms with Crippen LogP contribution in [-0.4, -0.2) is 123 Å². The van der Waals surface area contributed by atoms with E-state index in [0.717, 1.165) is 52.4 Å². The highest BCUT2D eigenvalue weighted by Crippen LogP contribution is 2.05. The summed E-state index contributed by atoms with van der Waals surface area (Å²) >= 11 is 0.